The molecule has 0 bridgehead atoms. The number of carbonyl (C=O) groups is 2. The molecule has 0 heterocycles. The summed E-state index contributed by atoms with van der Waals surface area (Å²) in [6, 6.07) is 7.25. The van der Waals surface area contributed by atoms with Crippen LogP contribution >= 0.6 is 0 Å². The van der Waals surface area contributed by atoms with Crippen LogP contribution in [0.3, 0.4) is 0 Å². The Morgan fingerprint density at radius 1 is 0.793 bits per heavy atom. The van der Waals surface area contributed by atoms with Gasteiger partial charge in [-0.05, 0) is 30.7 Å². The van der Waals surface area contributed by atoms with E-state index in [2.05, 4.69) is 12.2 Å². The van der Waals surface area contributed by atoms with Crippen molar-refractivity contribution in [1.82, 2.24) is 0 Å². The molecule has 8 nitrogen and oxygen atoms in total. The summed E-state index contributed by atoms with van der Waals surface area (Å²) in [6.07, 6.45) is 2.25. The number of ether oxygens (including phenoxy) is 5. The molecule has 0 fully saturated rings. The van der Waals surface area contributed by atoms with Gasteiger partial charge in [0.05, 0.1) is 45.2 Å². The molecule has 0 saturated heterocycles. The molecule has 0 aliphatic carbocycles. The zero-order valence-corrected chi connectivity index (χ0v) is 17.4. The minimum absolute atomic E-state index is 0.189. The second kappa shape index (κ2) is 16.8. The highest BCUT2D eigenvalue weighted by atomic mass is 16.6. The molecule has 29 heavy (non-hydrogen) atoms. The first-order valence-electron chi connectivity index (χ1n) is 10.0. The standard InChI is InChI=1S/C21H33NO7/c1-3-4-9-22-20-7-5-19(6-8-20)21(24)29-17-15-27-13-11-25-10-12-26-14-16-28-18(2)23/h5-8,22H,3-4,9-17H2,1-2H3. The average molecular weight is 411 g/mol. The third-order valence-corrected chi connectivity index (χ3v) is 3.72. The van der Waals surface area contributed by atoms with Crippen LogP contribution in [-0.2, 0) is 28.5 Å². The molecular formula is C21H33NO7. The highest BCUT2D eigenvalue weighted by molar-refractivity contribution is 5.89. The van der Waals surface area contributed by atoms with Gasteiger partial charge < -0.3 is 29.0 Å². The number of anilines is 1. The van der Waals surface area contributed by atoms with Crippen molar-refractivity contribution >= 4 is 17.6 Å². The molecule has 0 aliphatic heterocycles. The molecule has 1 N–H and O–H groups in total. The van der Waals surface area contributed by atoms with Gasteiger partial charge in [-0.2, -0.15) is 0 Å². The van der Waals surface area contributed by atoms with E-state index in [0.717, 1.165) is 25.1 Å². The average Bonchev–Trinajstić information content (AvgIpc) is 2.71. The van der Waals surface area contributed by atoms with Crippen molar-refractivity contribution in [3.05, 3.63) is 29.8 Å². The van der Waals surface area contributed by atoms with Crippen LogP contribution in [-0.4, -0.2) is 71.3 Å². The summed E-state index contributed by atoms with van der Waals surface area (Å²) < 4.78 is 25.8. The van der Waals surface area contributed by atoms with E-state index >= 15 is 0 Å². The zero-order chi connectivity index (χ0) is 21.2. The lowest BCUT2D eigenvalue weighted by Crippen LogP contribution is -2.15. The Kier molecular flexibility index (Phi) is 14.4. The van der Waals surface area contributed by atoms with Gasteiger partial charge in [0.25, 0.3) is 0 Å². The van der Waals surface area contributed by atoms with Crippen LogP contribution in [0.4, 0.5) is 5.69 Å². The minimum Gasteiger partial charge on any atom is -0.463 e. The van der Waals surface area contributed by atoms with Crippen molar-refractivity contribution in [3.63, 3.8) is 0 Å². The highest BCUT2D eigenvalue weighted by Gasteiger charge is 2.06. The van der Waals surface area contributed by atoms with Gasteiger partial charge in [-0.15, -0.1) is 0 Å². The topological polar surface area (TPSA) is 92.3 Å². The summed E-state index contributed by atoms with van der Waals surface area (Å²) in [5.74, 6) is -0.684. The van der Waals surface area contributed by atoms with Gasteiger partial charge in [-0.1, -0.05) is 13.3 Å². The van der Waals surface area contributed by atoms with Gasteiger partial charge in [-0.25, -0.2) is 4.79 Å². The lowest BCUT2D eigenvalue weighted by Gasteiger charge is -2.08. The first kappa shape index (κ1) is 24.9. The fourth-order valence-electron chi connectivity index (χ4n) is 2.20. The van der Waals surface area contributed by atoms with Gasteiger partial charge in [0.2, 0.25) is 0 Å². The Morgan fingerprint density at radius 2 is 1.31 bits per heavy atom. The monoisotopic (exact) mass is 411 g/mol. The van der Waals surface area contributed by atoms with E-state index in [1.54, 1.807) is 12.1 Å². The van der Waals surface area contributed by atoms with Crippen LogP contribution in [0.1, 0.15) is 37.0 Å². The fourth-order valence-corrected chi connectivity index (χ4v) is 2.20. The van der Waals surface area contributed by atoms with Crippen molar-refractivity contribution in [1.29, 1.82) is 0 Å². The van der Waals surface area contributed by atoms with Crippen molar-refractivity contribution in [2.45, 2.75) is 26.7 Å². The maximum atomic E-state index is 12.0. The van der Waals surface area contributed by atoms with Gasteiger partial charge >= 0.3 is 11.9 Å². The molecular weight excluding hydrogens is 378 g/mol. The number of unbranched alkanes of at least 4 members (excludes halogenated alkanes) is 1. The second-order valence-electron chi connectivity index (χ2n) is 6.17. The molecule has 0 aliphatic rings. The van der Waals surface area contributed by atoms with E-state index in [0.29, 0.717) is 45.2 Å². The maximum Gasteiger partial charge on any atom is 0.338 e. The van der Waals surface area contributed by atoms with Crippen LogP contribution in [0.25, 0.3) is 0 Å². The molecule has 0 radical (unpaired) electrons. The third kappa shape index (κ3) is 13.6. The Balaban J connectivity index is 1.95. The van der Waals surface area contributed by atoms with Crippen molar-refractivity contribution in [2.75, 3.05) is 64.7 Å². The van der Waals surface area contributed by atoms with E-state index < -0.39 is 0 Å². The zero-order valence-electron chi connectivity index (χ0n) is 17.4. The van der Waals surface area contributed by atoms with Crippen LogP contribution < -0.4 is 5.32 Å². The predicted molar refractivity (Wildman–Crippen MR) is 109 cm³/mol. The number of nitrogens with one attached hydrogen (secondary N) is 1. The van der Waals surface area contributed by atoms with Crippen molar-refractivity contribution in [2.24, 2.45) is 0 Å². The molecule has 0 atom stereocenters. The minimum atomic E-state index is -0.365. The summed E-state index contributed by atoms with van der Waals surface area (Å²) >= 11 is 0. The van der Waals surface area contributed by atoms with E-state index in [1.807, 2.05) is 12.1 Å². The summed E-state index contributed by atoms with van der Waals surface area (Å²) in [4.78, 5) is 22.5. The molecule has 0 spiro atoms. The number of hydrogen-bond acceptors (Lipinski definition) is 8. The van der Waals surface area contributed by atoms with Gasteiger partial charge in [0.1, 0.15) is 13.2 Å². The van der Waals surface area contributed by atoms with Crippen LogP contribution in [0.5, 0.6) is 0 Å². The Labute approximate surface area is 172 Å². The van der Waals surface area contributed by atoms with Gasteiger partial charge in [0.15, 0.2) is 0 Å². The van der Waals surface area contributed by atoms with Gasteiger partial charge in [0, 0.05) is 19.2 Å². The highest BCUT2D eigenvalue weighted by Crippen LogP contribution is 2.10. The van der Waals surface area contributed by atoms with Crippen molar-refractivity contribution < 1.29 is 33.3 Å². The Morgan fingerprint density at radius 3 is 1.83 bits per heavy atom. The molecule has 0 amide bonds. The van der Waals surface area contributed by atoms with E-state index in [4.69, 9.17) is 23.7 Å². The van der Waals surface area contributed by atoms with E-state index in [1.165, 1.54) is 6.92 Å². The van der Waals surface area contributed by atoms with E-state index in [9.17, 15) is 9.59 Å². The molecule has 1 aromatic rings. The summed E-state index contributed by atoms with van der Waals surface area (Å²) in [5.41, 5.74) is 1.51. The van der Waals surface area contributed by atoms with Crippen LogP contribution in [0.15, 0.2) is 24.3 Å². The summed E-state index contributed by atoms with van der Waals surface area (Å²) in [5, 5.41) is 3.30. The number of rotatable bonds is 17. The molecule has 1 aromatic carbocycles. The molecule has 0 unspecified atom stereocenters. The van der Waals surface area contributed by atoms with Crippen LogP contribution in [0, 0.1) is 0 Å². The Bertz CT molecular complexity index is 563. The maximum absolute atomic E-state index is 12.0. The summed E-state index contributed by atoms with van der Waals surface area (Å²) in [6.45, 7) is 7.20. The van der Waals surface area contributed by atoms with Gasteiger partial charge in [-0.3, -0.25) is 4.79 Å². The Hall–Kier alpha value is -2.16. The number of carbonyl (C=O) groups excluding carboxylic acids is 2. The molecule has 0 aromatic heterocycles. The molecule has 8 heteroatoms. The second-order valence-corrected chi connectivity index (χ2v) is 6.17. The predicted octanol–water partition coefficient (Wildman–Crippen LogP) is 2.67. The lowest BCUT2D eigenvalue weighted by molar-refractivity contribution is -0.142. The quantitative estimate of drug-likeness (QED) is 0.309. The number of hydrogen-bond donors (Lipinski definition) is 1. The lowest BCUT2D eigenvalue weighted by atomic mass is 10.2. The molecule has 0 saturated carbocycles. The molecule has 164 valence electrons. The largest absolute Gasteiger partial charge is 0.463 e. The normalized spacial score (nSPS) is 10.6. The number of benzene rings is 1. The first-order chi connectivity index (χ1) is 14.1. The van der Waals surface area contributed by atoms with Crippen molar-refractivity contribution in [3.8, 4) is 0 Å². The smallest absolute Gasteiger partial charge is 0.338 e. The fraction of sp³-hybridized carbons (Fsp3) is 0.619. The first-order valence-corrected chi connectivity index (χ1v) is 10.0. The summed E-state index contributed by atoms with van der Waals surface area (Å²) in [7, 11) is 0. The number of esters is 2. The third-order valence-electron chi connectivity index (χ3n) is 3.72. The van der Waals surface area contributed by atoms with E-state index in [-0.39, 0.29) is 25.2 Å². The molecule has 1 rings (SSSR count). The van der Waals surface area contributed by atoms with Crippen LogP contribution in [0.2, 0.25) is 0 Å². The SMILES string of the molecule is CCCCNc1ccc(C(=O)OCCOCCOCCOCCOC(C)=O)cc1.